The molecule has 4 N–H and O–H groups in total. The molecule has 4 saturated heterocycles. The van der Waals surface area contributed by atoms with Gasteiger partial charge < -0.3 is 62.8 Å². The van der Waals surface area contributed by atoms with Crippen molar-refractivity contribution in [2.45, 2.75) is 191 Å². The molecule has 7 rings (SSSR count). The third-order valence-electron chi connectivity index (χ3n) is 14.7. The lowest BCUT2D eigenvalue weighted by Gasteiger charge is -2.48. The molecule has 0 unspecified atom stereocenters. The van der Waals surface area contributed by atoms with E-state index in [1.807, 2.05) is 39.0 Å². The highest BCUT2D eigenvalue weighted by Crippen LogP contribution is 2.47. The minimum atomic E-state index is -1.84. The van der Waals surface area contributed by atoms with E-state index in [0.29, 0.717) is 43.3 Å². The van der Waals surface area contributed by atoms with Crippen LogP contribution in [-0.4, -0.2) is 139 Å². The lowest BCUT2D eigenvalue weighted by Crippen LogP contribution is -2.58. The van der Waals surface area contributed by atoms with Gasteiger partial charge in [0.1, 0.15) is 35.9 Å². The molecule has 15 heteroatoms. The molecule has 6 aliphatic heterocycles. The number of allylic oxidation sites excluding steroid dienone is 2. The van der Waals surface area contributed by atoms with Gasteiger partial charge in [0.15, 0.2) is 18.4 Å². The van der Waals surface area contributed by atoms with Crippen molar-refractivity contribution in [3.8, 4) is 0 Å². The summed E-state index contributed by atoms with van der Waals surface area (Å²) in [6.45, 7) is 16.1. The van der Waals surface area contributed by atoms with Crippen LogP contribution < -0.4 is 5.48 Å². The first-order valence-corrected chi connectivity index (χ1v) is 23.1. The number of ether oxygens (including phenoxy) is 10. The van der Waals surface area contributed by atoms with E-state index in [0.717, 1.165) is 12.0 Å². The summed E-state index contributed by atoms with van der Waals surface area (Å²) < 4.78 is 64.0. The van der Waals surface area contributed by atoms with Crippen LogP contribution in [0.3, 0.4) is 0 Å². The van der Waals surface area contributed by atoms with Crippen LogP contribution in [0.5, 0.6) is 0 Å². The minimum Gasteiger partial charge on any atom is -0.462 e. The van der Waals surface area contributed by atoms with Crippen LogP contribution in [0.4, 0.5) is 0 Å². The number of rotatable bonds is 9. The number of methoxy groups -OCH3 is 2. The van der Waals surface area contributed by atoms with Gasteiger partial charge in [-0.1, -0.05) is 70.6 Å². The second-order valence-electron chi connectivity index (χ2n) is 19.1. The van der Waals surface area contributed by atoms with Crippen LogP contribution in [-0.2, 0) is 52.2 Å². The number of fused-ring (bicyclic) bond motifs is 2. The Morgan fingerprint density at radius 1 is 0.921 bits per heavy atom. The molecule has 20 atom stereocenters. The SMILES string of the molecule is CC[C@H](C)[C@H]1O[C@]2(C=C[C@@H]1C)C[C@@H]1C[C@@H](C/C=C(\C)[C@@H](O[C@H]3C[C@H](OC)[C@@H](O[C@H]4C[C@H](OC)[C@@H](NO)[C@H](C)O4)[C@H](C)O3)[C@@H](C)/C=C/C=C3\CO[C@@H]4[C@H](O)C(C)=C[C@@H](C(=O)O1)[C@]34O)O2. The minimum absolute atomic E-state index is 0.0300. The fourth-order valence-electron chi connectivity index (χ4n) is 10.8. The van der Waals surface area contributed by atoms with E-state index >= 15 is 0 Å². The van der Waals surface area contributed by atoms with Gasteiger partial charge in [-0.05, 0) is 62.8 Å². The van der Waals surface area contributed by atoms with Gasteiger partial charge in [-0.15, -0.1) is 0 Å². The standard InChI is InChI=1S/C48H73NO14/c1-11-25(2)43-28(5)17-18-47(63-43)23-34-20-33(62-47)16-15-27(4)42(26(3)13-12-14-32-24-56-45-41(50)29(6)19-35(46(51)59-34)48(32,45)52)60-39-22-37(55-10)44(31(8)58-39)61-38-21-36(54-9)40(49-53)30(7)57-38/h12-15,17-19,25-26,28,30-31,33-45,49-50,52-53H,11,16,20-24H2,1-10H3/b13-12+,27-15+,32-14+/t25-,26-,28-,30-,31-,33+,34-,35-,36-,37-,38-,39-,40-,41+,42-,43+,44-,45+,47+,48+/m0/s1. The average Bonchev–Trinajstić information content (AvgIpc) is 3.60. The van der Waals surface area contributed by atoms with Crippen molar-refractivity contribution < 1.29 is 67.6 Å². The van der Waals surface area contributed by atoms with E-state index in [1.165, 1.54) is 0 Å². The third-order valence-corrected chi connectivity index (χ3v) is 14.7. The Morgan fingerprint density at radius 2 is 1.63 bits per heavy atom. The maximum Gasteiger partial charge on any atom is 0.316 e. The average molecular weight is 888 g/mol. The van der Waals surface area contributed by atoms with Gasteiger partial charge >= 0.3 is 5.97 Å². The van der Waals surface area contributed by atoms with Crippen LogP contribution in [0.25, 0.3) is 0 Å². The lowest BCUT2D eigenvalue weighted by molar-refractivity contribution is -0.314. The van der Waals surface area contributed by atoms with Crippen molar-refractivity contribution in [1.82, 2.24) is 5.48 Å². The molecule has 0 aromatic heterocycles. The molecule has 0 aromatic rings. The number of esters is 1. The summed E-state index contributed by atoms with van der Waals surface area (Å²) in [6.07, 6.45) is 9.51. The van der Waals surface area contributed by atoms with E-state index in [4.69, 9.17) is 47.4 Å². The van der Waals surface area contributed by atoms with Gasteiger partial charge in [0.05, 0.1) is 55.4 Å². The van der Waals surface area contributed by atoms with Crippen molar-refractivity contribution in [2.75, 3.05) is 20.8 Å². The van der Waals surface area contributed by atoms with E-state index < -0.39 is 78.5 Å². The number of hydrogen-bond acceptors (Lipinski definition) is 15. The Balaban J connectivity index is 1.18. The second kappa shape index (κ2) is 20.3. The highest BCUT2D eigenvalue weighted by atomic mass is 16.7. The number of hydrogen-bond donors (Lipinski definition) is 4. The Kier molecular flexibility index (Phi) is 15.6. The summed E-state index contributed by atoms with van der Waals surface area (Å²) in [7, 11) is 3.25. The largest absolute Gasteiger partial charge is 0.462 e. The Labute approximate surface area is 373 Å². The molecule has 1 aliphatic carbocycles. The molecular formula is C48H73NO14. The number of aliphatic hydroxyl groups is 2. The first kappa shape index (κ1) is 48.6. The fraction of sp³-hybridized carbons (Fsp3) is 0.771. The number of carbonyl (C=O) groups is 1. The molecule has 4 fully saturated rings. The van der Waals surface area contributed by atoms with Crippen LogP contribution >= 0.6 is 0 Å². The first-order valence-electron chi connectivity index (χ1n) is 23.1. The van der Waals surface area contributed by atoms with E-state index in [-0.39, 0.29) is 54.9 Å². The van der Waals surface area contributed by atoms with Gasteiger partial charge in [-0.3, -0.25) is 4.79 Å². The first-order chi connectivity index (χ1) is 30.0. The van der Waals surface area contributed by atoms with E-state index in [2.05, 4.69) is 45.3 Å². The lowest BCUT2D eigenvalue weighted by atomic mass is 9.71. The topological polar surface area (TPSA) is 182 Å². The van der Waals surface area contributed by atoms with Crippen LogP contribution in [0.1, 0.15) is 93.9 Å². The molecule has 63 heavy (non-hydrogen) atoms. The summed E-state index contributed by atoms with van der Waals surface area (Å²) in [5.41, 5.74) is 2.43. The molecule has 1 spiro atoms. The highest BCUT2D eigenvalue weighted by molar-refractivity contribution is 5.78. The van der Waals surface area contributed by atoms with Crippen molar-refractivity contribution >= 4 is 5.97 Å². The summed E-state index contributed by atoms with van der Waals surface area (Å²) >= 11 is 0. The van der Waals surface area contributed by atoms with Crippen molar-refractivity contribution in [1.29, 1.82) is 0 Å². The van der Waals surface area contributed by atoms with Gasteiger partial charge in [0.25, 0.3) is 0 Å². The van der Waals surface area contributed by atoms with Crippen molar-refractivity contribution in [3.63, 3.8) is 0 Å². The molecule has 0 amide bonds. The van der Waals surface area contributed by atoms with Crippen LogP contribution in [0.15, 0.2) is 59.3 Å². The van der Waals surface area contributed by atoms with Gasteiger partial charge in [0.2, 0.25) is 0 Å². The summed E-state index contributed by atoms with van der Waals surface area (Å²) in [5.74, 6) is -2.58. The Hall–Kier alpha value is -2.35. The van der Waals surface area contributed by atoms with Gasteiger partial charge in [0, 0.05) is 51.7 Å². The van der Waals surface area contributed by atoms with Gasteiger partial charge in [-0.2, -0.15) is 5.48 Å². The molecule has 0 radical (unpaired) electrons. The highest BCUT2D eigenvalue weighted by Gasteiger charge is 2.60. The Bertz CT molecular complexity index is 1750. The normalized spacial score (nSPS) is 48.6. The zero-order valence-corrected chi connectivity index (χ0v) is 38.7. The van der Waals surface area contributed by atoms with E-state index in [9.17, 15) is 20.2 Å². The zero-order valence-electron chi connectivity index (χ0n) is 38.7. The molecule has 7 aliphatic rings. The Morgan fingerprint density at radius 3 is 2.35 bits per heavy atom. The maximum atomic E-state index is 14.4. The maximum absolute atomic E-state index is 14.4. The predicted octanol–water partition coefficient (Wildman–Crippen LogP) is 5.36. The molecule has 6 heterocycles. The fourth-order valence-corrected chi connectivity index (χ4v) is 10.8. The van der Waals surface area contributed by atoms with Gasteiger partial charge in [-0.25, -0.2) is 0 Å². The summed E-state index contributed by atoms with van der Waals surface area (Å²) in [5, 5.41) is 33.4. The van der Waals surface area contributed by atoms with E-state index in [1.54, 1.807) is 33.3 Å². The summed E-state index contributed by atoms with van der Waals surface area (Å²) in [6, 6.07) is -0.400. The van der Waals surface area contributed by atoms with Crippen molar-refractivity contribution in [2.24, 2.45) is 23.7 Å². The van der Waals surface area contributed by atoms with Crippen LogP contribution in [0.2, 0.25) is 0 Å². The molecule has 0 saturated carbocycles. The number of hydroxylamine groups is 1. The predicted molar refractivity (Wildman–Crippen MR) is 230 cm³/mol. The smallest absolute Gasteiger partial charge is 0.316 e. The van der Waals surface area contributed by atoms with Crippen LogP contribution in [0, 0.1) is 23.7 Å². The third kappa shape index (κ3) is 10.0. The monoisotopic (exact) mass is 888 g/mol. The molecule has 0 aromatic carbocycles. The quantitative estimate of drug-likeness (QED) is 0.132. The van der Waals surface area contributed by atoms with Crippen molar-refractivity contribution in [3.05, 3.63) is 59.3 Å². The molecule has 354 valence electrons. The zero-order chi connectivity index (χ0) is 45.4. The number of aliphatic hydroxyl groups excluding tert-OH is 1. The number of nitrogens with one attached hydrogen (secondary N) is 1. The second-order valence-corrected chi connectivity index (χ2v) is 19.1. The summed E-state index contributed by atoms with van der Waals surface area (Å²) in [4.78, 5) is 14.4. The molecular weight excluding hydrogens is 815 g/mol. The molecule has 2 bridgehead atoms. The number of carbonyl (C=O) groups excluding carboxylic acids is 1. The molecule has 15 nitrogen and oxygen atoms in total.